The summed E-state index contributed by atoms with van der Waals surface area (Å²) in [6.07, 6.45) is 2.20. The number of hydrogen-bond acceptors (Lipinski definition) is 4. The molecule has 0 aromatic rings. The number of carbonyl (C=O) groups is 2. The highest BCUT2D eigenvalue weighted by Gasteiger charge is 2.43. The number of rotatable bonds is 3. The minimum atomic E-state index is -3.08. The van der Waals surface area contributed by atoms with Gasteiger partial charge in [0.15, 0.2) is 9.84 Å². The standard InChI is InChI=1S/C12H19NO5S/c1-12(5-6-19(17,18)7-12)13-10(14)8-3-2-4-9(8)11(15)16/h8-9H,2-7H2,1H3,(H,13,14)(H,15,16)/t8-,9+,12?/m1/s1. The van der Waals surface area contributed by atoms with E-state index in [1.165, 1.54) is 0 Å². The first-order valence-corrected chi connectivity index (χ1v) is 8.30. The molecule has 0 spiro atoms. The molecule has 1 heterocycles. The summed E-state index contributed by atoms with van der Waals surface area (Å²) < 4.78 is 23.0. The lowest BCUT2D eigenvalue weighted by Crippen LogP contribution is -2.50. The van der Waals surface area contributed by atoms with Gasteiger partial charge in [-0.2, -0.15) is 0 Å². The Hall–Kier alpha value is -1.11. The number of nitrogens with one attached hydrogen (secondary N) is 1. The van der Waals surface area contributed by atoms with E-state index in [2.05, 4.69) is 5.32 Å². The third-order valence-electron chi connectivity index (χ3n) is 4.10. The van der Waals surface area contributed by atoms with Gasteiger partial charge in [-0.05, 0) is 26.2 Å². The molecular weight excluding hydrogens is 270 g/mol. The summed E-state index contributed by atoms with van der Waals surface area (Å²) in [5, 5.41) is 11.8. The van der Waals surface area contributed by atoms with Crippen LogP contribution in [0, 0.1) is 11.8 Å². The Morgan fingerprint density at radius 1 is 1.26 bits per heavy atom. The first kappa shape index (κ1) is 14.3. The summed E-state index contributed by atoms with van der Waals surface area (Å²) in [6, 6.07) is 0. The summed E-state index contributed by atoms with van der Waals surface area (Å²) in [6.45, 7) is 1.71. The van der Waals surface area contributed by atoms with Crippen LogP contribution in [-0.2, 0) is 19.4 Å². The van der Waals surface area contributed by atoms with E-state index in [1.807, 2.05) is 0 Å². The van der Waals surface area contributed by atoms with Gasteiger partial charge in [0, 0.05) is 0 Å². The van der Waals surface area contributed by atoms with Crippen LogP contribution in [0.15, 0.2) is 0 Å². The molecule has 0 radical (unpaired) electrons. The Kier molecular flexibility index (Phi) is 3.59. The van der Waals surface area contributed by atoms with Gasteiger partial charge < -0.3 is 10.4 Å². The van der Waals surface area contributed by atoms with Crippen molar-refractivity contribution in [2.75, 3.05) is 11.5 Å². The second kappa shape index (κ2) is 4.77. The van der Waals surface area contributed by atoms with Crippen molar-refractivity contribution < 1.29 is 23.1 Å². The lowest BCUT2D eigenvalue weighted by molar-refractivity contribution is -0.146. The van der Waals surface area contributed by atoms with Crippen molar-refractivity contribution in [1.82, 2.24) is 5.32 Å². The van der Waals surface area contributed by atoms with Crippen molar-refractivity contribution in [2.45, 2.75) is 38.1 Å². The minimum absolute atomic E-state index is 0.0593. The highest BCUT2D eigenvalue weighted by molar-refractivity contribution is 7.91. The van der Waals surface area contributed by atoms with Crippen LogP contribution in [0.25, 0.3) is 0 Å². The molecular formula is C12H19NO5S. The maximum Gasteiger partial charge on any atom is 0.307 e. The van der Waals surface area contributed by atoms with E-state index in [9.17, 15) is 18.0 Å². The minimum Gasteiger partial charge on any atom is -0.481 e. The van der Waals surface area contributed by atoms with E-state index in [0.29, 0.717) is 19.3 Å². The third-order valence-corrected chi connectivity index (χ3v) is 6.00. The fraction of sp³-hybridized carbons (Fsp3) is 0.833. The van der Waals surface area contributed by atoms with Crippen molar-refractivity contribution in [1.29, 1.82) is 0 Å². The lowest BCUT2D eigenvalue weighted by atomic mass is 9.93. The van der Waals surface area contributed by atoms with Crippen LogP contribution < -0.4 is 5.32 Å². The second-order valence-electron chi connectivity index (χ2n) is 5.87. The maximum atomic E-state index is 12.2. The van der Waals surface area contributed by atoms with Gasteiger partial charge in [-0.3, -0.25) is 9.59 Å². The van der Waals surface area contributed by atoms with Crippen LogP contribution >= 0.6 is 0 Å². The molecule has 2 fully saturated rings. The van der Waals surface area contributed by atoms with Crippen LogP contribution in [0.5, 0.6) is 0 Å². The van der Waals surface area contributed by atoms with E-state index < -0.39 is 33.2 Å². The predicted octanol–water partition coefficient (Wildman–Crippen LogP) is 0.181. The molecule has 1 aliphatic heterocycles. The van der Waals surface area contributed by atoms with E-state index in [-0.39, 0.29) is 17.4 Å². The number of carboxylic acids is 1. The molecule has 0 aromatic heterocycles. The zero-order chi connectivity index (χ0) is 14.3. The smallest absolute Gasteiger partial charge is 0.307 e. The number of amides is 1. The van der Waals surface area contributed by atoms with Gasteiger partial charge in [-0.15, -0.1) is 0 Å². The van der Waals surface area contributed by atoms with Gasteiger partial charge in [-0.25, -0.2) is 8.42 Å². The molecule has 108 valence electrons. The molecule has 2 aliphatic rings. The number of carbonyl (C=O) groups excluding carboxylic acids is 1. The number of sulfone groups is 1. The Morgan fingerprint density at radius 3 is 2.42 bits per heavy atom. The average molecular weight is 289 g/mol. The first-order chi connectivity index (χ1) is 8.72. The Balaban J connectivity index is 2.04. The quantitative estimate of drug-likeness (QED) is 0.772. The zero-order valence-corrected chi connectivity index (χ0v) is 11.7. The summed E-state index contributed by atoms with van der Waals surface area (Å²) >= 11 is 0. The Bertz CT molecular complexity index is 500. The van der Waals surface area contributed by atoms with Crippen LogP contribution in [-0.4, -0.2) is 42.4 Å². The van der Waals surface area contributed by atoms with Crippen molar-refractivity contribution in [2.24, 2.45) is 11.8 Å². The fourth-order valence-electron chi connectivity index (χ4n) is 3.07. The molecule has 6 nitrogen and oxygen atoms in total. The number of carboxylic acid groups (broad SMARTS) is 1. The van der Waals surface area contributed by atoms with E-state index in [0.717, 1.165) is 6.42 Å². The normalized spacial score (nSPS) is 37.1. The topological polar surface area (TPSA) is 101 Å². The summed E-state index contributed by atoms with van der Waals surface area (Å²) in [7, 11) is -3.08. The molecule has 0 aromatic carbocycles. The summed E-state index contributed by atoms with van der Waals surface area (Å²) in [4.78, 5) is 23.2. The molecule has 1 unspecified atom stereocenters. The van der Waals surface area contributed by atoms with Crippen LogP contribution in [0.4, 0.5) is 0 Å². The first-order valence-electron chi connectivity index (χ1n) is 6.48. The molecule has 1 saturated heterocycles. The van der Waals surface area contributed by atoms with Gasteiger partial charge in [0.1, 0.15) is 0 Å². The average Bonchev–Trinajstić information content (AvgIpc) is 2.83. The molecule has 2 N–H and O–H groups in total. The van der Waals surface area contributed by atoms with Gasteiger partial charge in [0.2, 0.25) is 5.91 Å². The SMILES string of the molecule is CC1(NC(=O)[C@@H]2CCC[C@@H]2C(=O)O)CCS(=O)(=O)C1. The number of hydrogen-bond donors (Lipinski definition) is 2. The monoisotopic (exact) mass is 289 g/mol. The molecule has 2 rings (SSSR count). The van der Waals surface area contributed by atoms with E-state index >= 15 is 0 Å². The largest absolute Gasteiger partial charge is 0.481 e. The van der Waals surface area contributed by atoms with Crippen molar-refractivity contribution in [3.8, 4) is 0 Å². The van der Waals surface area contributed by atoms with Crippen LogP contribution in [0.2, 0.25) is 0 Å². The molecule has 7 heteroatoms. The lowest BCUT2D eigenvalue weighted by Gasteiger charge is -2.27. The highest BCUT2D eigenvalue weighted by atomic mass is 32.2. The predicted molar refractivity (Wildman–Crippen MR) is 68.3 cm³/mol. The molecule has 1 aliphatic carbocycles. The van der Waals surface area contributed by atoms with E-state index in [1.54, 1.807) is 6.92 Å². The van der Waals surface area contributed by atoms with Gasteiger partial charge in [-0.1, -0.05) is 6.42 Å². The van der Waals surface area contributed by atoms with Crippen LogP contribution in [0.1, 0.15) is 32.6 Å². The van der Waals surface area contributed by atoms with Gasteiger partial charge in [0.25, 0.3) is 0 Å². The highest BCUT2D eigenvalue weighted by Crippen LogP contribution is 2.33. The van der Waals surface area contributed by atoms with Crippen molar-refractivity contribution >= 4 is 21.7 Å². The molecule has 1 amide bonds. The molecule has 3 atom stereocenters. The Morgan fingerprint density at radius 2 is 1.89 bits per heavy atom. The van der Waals surface area contributed by atoms with Crippen LogP contribution in [0.3, 0.4) is 0 Å². The van der Waals surface area contributed by atoms with Gasteiger partial charge >= 0.3 is 5.97 Å². The van der Waals surface area contributed by atoms with Crippen molar-refractivity contribution in [3.63, 3.8) is 0 Å². The molecule has 1 saturated carbocycles. The Labute approximate surface area is 112 Å². The summed E-state index contributed by atoms with van der Waals surface area (Å²) in [5.41, 5.74) is -0.748. The van der Waals surface area contributed by atoms with Crippen molar-refractivity contribution in [3.05, 3.63) is 0 Å². The number of aliphatic carboxylic acids is 1. The zero-order valence-electron chi connectivity index (χ0n) is 10.9. The second-order valence-corrected chi connectivity index (χ2v) is 8.06. The summed E-state index contributed by atoms with van der Waals surface area (Å²) in [5.74, 6) is -2.40. The van der Waals surface area contributed by atoms with Gasteiger partial charge in [0.05, 0.1) is 28.9 Å². The van der Waals surface area contributed by atoms with E-state index in [4.69, 9.17) is 5.11 Å². The molecule has 0 bridgehead atoms. The third kappa shape index (κ3) is 3.08. The maximum absolute atomic E-state index is 12.2. The molecule has 19 heavy (non-hydrogen) atoms. The fourth-order valence-corrected chi connectivity index (χ4v) is 5.16.